The number of rotatable bonds is 5. The third kappa shape index (κ3) is 4.20. The van der Waals surface area contributed by atoms with E-state index in [4.69, 9.17) is 0 Å². The first-order chi connectivity index (χ1) is 12.0. The van der Waals surface area contributed by atoms with Gasteiger partial charge in [-0.05, 0) is 25.1 Å². The number of nitrogens with zero attached hydrogens (tertiary/aromatic N) is 1. The van der Waals surface area contributed by atoms with E-state index < -0.39 is 0 Å². The van der Waals surface area contributed by atoms with E-state index in [1.54, 1.807) is 23.1 Å². The highest BCUT2D eigenvalue weighted by Gasteiger charge is 2.34. The first-order valence-corrected chi connectivity index (χ1v) is 9.11. The van der Waals surface area contributed by atoms with E-state index in [-0.39, 0.29) is 36.0 Å². The number of carbonyl (C=O) groups excluding carboxylic acids is 2. The number of thioether (sulfide) groups is 1. The van der Waals surface area contributed by atoms with Crippen molar-refractivity contribution in [2.75, 3.05) is 17.6 Å². The van der Waals surface area contributed by atoms with E-state index in [9.17, 15) is 14.0 Å². The highest BCUT2D eigenvalue weighted by atomic mass is 32.2. The molecular weight excluding hydrogens is 339 g/mol. The topological polar surface area (TPSA) is 49.4 Å². The van der Waals surface area contributed by atoms with Gasteiger partial charge < -0.3 is 10.2 Å². The van der Waals surface area contributed by atoms with Gasteiger partial charge in [0.2, 0.25) is 11.8 Å². The summed E-state index contributed by atoms with van der Waals surface area (Å²) in [5, 5.41) is 2.44. The fraction of sp³-hybridized carbons (Fsp3) is 0.263. The van der Waals surface area contributed by atoms with Crippen LogP contribution in [-0.4, -0.2) is 29.0 Å². The molecule has 2 aromatic carbocycles. The summed E-state index contributed by atoms with van der Waals surface area (Å²) in [6.07, 6.45) is 0.172. The first kappa shape index (κ1) is 17.5. The minimum absolute atomic E-state index is 0.0682. The van der Waals surface area contributed by atoms with Gasteiger partial charge in [0.15, 0.2) is 0 Å². The molecule has 0 bridgehead atoms. The summed E-state index contributed by atoms with van der Waals surface area (Å²) in [6, 6.07) is 14.0. The van der Waals surface area contributed by atoms with Crippen LogP contribution in [-0.2, 0) is 9.59 Å². The molecule has 130 valence electrons. The molecule has 1 aliphatic heterocycles. The molecule has 1 aliphatic rings. The molecule has 0 aliphatic carbocycles. The molecule has 25 heavy (non-hydrogen) atoms. The van der Waals surface area contributed by atoms with Crippen LogP contribution in [0.2, 0.25) is 0 Å². The summed E-state index contributed by atoms with van der Waals surface area (Å²) in [7, 11) is 0. The van der Waals surface area contributed by atoms with Gasteiger partial charge in [0, 0.05) is 24.2 Å². The molecule has 0 radical (unpaired) electrons. The zero-order chi connectivity index (χ0) is 17.8. The van der Waals surface area contributed by atoms with Crippen molar-refractivity contribution in [1.82, 2.24) is 4.90 Å². The third-order valence-corrected chi connectivity index (χ3v) is 5.29. The lowest BCUT2D eigenvalue weighted by molar-refractivity contribution is -0.128. The second-order valence-corrected chi connectivity index (χ2v) is 7.00. The van der Waals surface area contributed by atoms with E-state index in [0.717, 1.165) is 11.3 Å². The van der Waals surface area contributed by atoms with E-state index in [0.29, 0.717) is 11.3 Å². The van der Waals surface area contributed by atoms with Crippen molar-refractivity contribution in [3.63, 3.8) is 0 Å². The van der Waals surface area contributed by atoms with Gasteiger partial charge in [0.1, 0.15) is 11.2 Å². The number of hydrogen-bond donors (Lipinski definition) is 1. The van der Waals surface area contributed by atoms with Gasteiger partial charge in [0.25, 0.3) is 0 Å². The average molecular weight is 358 g/mol. The van der Waals surface area contributed by atoms with Crippen LogP contribution in [0.3, 0.4) is 0 Å². The third-order valence-electron chi connectivity index (χ3n) is 4.05. The zero-order valence-corrected chi connectivity index (χ0v) is 14.7. The molecule has 1 fully saturated rings. The zero-order valence-electron chi connectivity index (χ0n) is 13.9. The Labute approximate surface area is 150 Å². The lowest BCUT2D eigenvalue weighted by Gasteiger charge is -2.24. The van der Waals surface area contributed by atoms with Gasteiger partial charge in [-0.15, -0.1) is 11.8 Å². The van der Waals surface area contributed by atoms with Gasteiger partial charge in [-0.1, -0.05) is 35.9 Å². The van der Waals surface area contributed by atoms with Crippen molar-refractivity contribution in [2.45, 2.75) is 18.7 Å². The largest absolute Gasteiger partial charge is 0.326 e. The number of benzene rings is 2. The fourth-order valence-corrected chi connectivity index (χ4v) is 3.95. The second-order valence-electron chi connectivity index (χ2n) is 5.94. The van der Waals surface area contributed by atoms with Gasteiger partial charge in [0.05, 0.1) is 5.75 Å². The maximum atomic E-state index is 14.0. The Bertz CT molecular complexity index is 779. The summed E-state index contributed by atoms with van der Waals surface area (Å²) in [4.78, 5) is 25.9. The van der Waals surface area contributed by atoms with Gasteiger partial charge in [-0.2, -0.15) is 0 Å². The number of hydrogen-bond acceptors (Lipinski definition) is 3. The first-order valence-electron chi connectivity index (χ1n) is 8.06. The quantitative estimate of drug-likeness (QED) is 0.886. The van der Waals surface area contributed by atoms with E-state index in [1.165, 1.54) is 17.8 Å². The summed E-state index contributed by atoms with van der Waals surface area (Å²) in [5.41, 5.74) is 2.33. The van der Waals surface area contributed by atoms with E-state index in [1.807, 2.05) is 31.2 Å². The molecule has 6 heteroatoms. The summed E-state index contributed by atoms with van der Waals surface area (Å²) >= 11 is 1.39. The normalized spacial score (nSPS) is 17.0. The molecule has 3 rings (SSSR count). The molecule has 2 amide bonds. The number of carbonyl (C=O) groups is 2. The van der Waals surface area contributed by atoms with Crippen LogP contribution in [0, 0.1) is 12.7 Å². The number of halogens is 1. The van der Waals surface area contributed by atoms with Crippen molar-refractivity contribution in [1.29, 1.82) is 0 Å². The summed E-state index contributed by atoms with van der Waals surface area (Å²) in [5.74, 6) is -0.260. The molecule has 0 spiro atoms. The molecule has 4 nitrogen and oxygen atoms in total. The fourth-order valence-electron chi connectivity index (χ4n) is 2.71. The van der Waals surface area contributed by atoms with Crippen LogP contribution in [0.4, 0.5) is 10.1 Å². The van der Waals surface area contributed by atoms with E-state index >= 15 is 0 Å². The average Bonchev–Trinajstić information content (AvgIpc) is 2.96. The SMILES string of the molecule is Cc1ccc(NC(=O)CCN2C(=O)CSC2c2ccccc2F)cc1. The van der Waals surface area contributed by atoms with Crippen molar-refractivity contribution in [2.24, 2.45) is 0 Å². The molecule has 1 unspecified atom stereocenters. The van der Waals surface area contributed by atoms with Crippen molar-refractivity contribution < 1.29 is 14.0 Å². The van der Waals surface area contributed by atoms with Crippen molar-refractivity contribution in [3.05, 3.63) is 65.5 Å². The Balaban J connectivity index is 1.62. The van der Waals surface area contributed by atoms with Crippen LogP contribution < -0.4 is 5.32 Å². The Hall–Kier alpha value is -2.34. The Morgan fingerprint density at radius 3 is 2.68 bits per heavy atom. The van der Waals surface area contributed by atoms with Crippen molar-refractivity contribution in [3.8, 4) is 0 Å². The molecule has 0 aromatic heterocycles. The molecule has 1 N–H and O–H groups in total. The van der Waals surface area contributed by atoms with Crippen LogP contribution >= 0.6 is 11.8 Å². The molecule has 1 saturated heterocycles. The van der Waals surface area contributed by atoms with Gasteiger partial charge in [-0.3, -0.25) is 9.59 Å². The minimum atomic E-state index is -0.374. The standard InChI is InChI=1S/C19H19FN2O2S/c1-13-6-8-14(9-7-13)21-17(23)10-11-22-18(24)12-25-19(22)15-4-2-3-5-16(15)20/h2-9,19H,10-12H2,1H3,(H,21,23). The molecule has 0 saturated carbocycles. The smallest absolute Gasteiger partial charge is 0.233 e. The lowest BCUT2D eigenvalue weighted by atomic mass is 10.2. The predicted molar refractivity (Wildman–Crippen MR) is 97.7 cm³/mol. The minimum Gasteiger partial charge on any atom is -0.326 e. The number of aryl methyl sites for hydroxylation is 1. The maximum Gasteiger partial charge on any atom is 0.233 e. The Morgan fingerprint density at radius 2 is 1.96 bits per heavy atom. The number of nitrogens with one attached hydrogen (secondary N) is 1. The van der Waals surface area contributed by atoms with E-state index in [2.05, 4.69) is 5.32 Å². The number of anilines is 1. The summed E-state index contributed by atoms with van der Waals surface area (Å²) < 4.78 is 14.0. The molecule has 2 aromatic rings. The van der Waals surface area contributed by atoms with Crippen LogP contribution in [0.1, 0.15) is 22.9 Å². The lowest BCUT2D eigenvalue weighted by Crippen LogP contribution is -2.31. The molecule has 1 heterocycles. The van der Waals surface area contributed by atoms with Gasteiger partial charge in [-0.25, -0.2) is 4.39 Å². The molecule has 1 atom stereocenters. The predicted octanol–water partition coefficient (Wildman–Crippen LogP) is 3.74. The highest BCUT2D eigenvalue weighted by Crippen LogP contribution is 2.39. The van der Waals surface area contributed by atoms with Crippen LogP contribution in [0.15, 0.2) is 48.5 Å². The summed E-state index contributed by atoms with van der Waals surface area (Å²) in [6.45, 7) is 2.24. The van der Waals surface area contributed by atoms with Crippen molar-refractivity contribution >= 4 is 29.3 Å². The Kier molecular flexibility index (Phi) is 5.38. The second kappa shape index (κ2) is 7.70. The number of amides is 2. The highest BCUT2D eigenvalue weighted by molar-refractivity contribution is 8.00. The van der Waals surface area contributed by atoms with Gasteiger partial charge >= 0.3 is 0 Å². The molecular formula is C19H19FN2O2S. The van der Waals surface area contributed by atoms with Crippen LogP contribution in [0.25, 0.3) is 0 Å². The van der Waals surface area contributed by atoms with Crippen LogP contribution in [0.5, 0.6) is 0 Å². The monoisotopic (exact) mass is 358 g/mol. The maximum absolute atomic E-state index is 14.0. The Morgan fingerprint density at radius 1 is 1.24 bits per heavy atom.